The van der Waals surface area contributed by atoms with Gasteiger partial charge in [-0.25, -0.2) is 23.4 Å². The molecule has 7 nitrogen and oxygen atoms in total. The predicted molar refractivity (Wildman–Crippen MR) is 150 cm³/mol. The molecule has 1 fully saturated rings. The molecule has 0 atom stereocenters. The Morgan fingerprint density at radius 2 is 1.57 bits per heavy atom. The van der Waals surface area contributed by atoms with E-state index in [0.29, 0.717) is 55.3 Å². The van der Waals surface area contributed by atoms with Gasteiger partial charge in [-0.3, -0.25) is 4.79 Å². The largest absolute Gasteiger partial charge is 0.352 e. The molecule has 0 unspecified atom stereocenters. The molecule has 3 aromatic carbocycles. The van der Waals surface area contributed by atoms with Crippen molar-refractivity contribution in [1.82, 2.24) is 24.6 Å². The normalized spacial score (nSPS) is 13.7. The number of rotatable bonds is 5. The molecule has 1 aliphatic heterocycles. The quantitative estimate of drug-likeness (QED) is 0.305. The van der Waals surface area contributed by atoms with Gasteiger partial charge in [0.2, 0.25) is 0 Å². The summed E-state index contributed by atoms with van der Waals surface area (Å²) in [6.07, 6.45) is 0.537. The highest BCUT2D eigenvalue weighted by Crippen LogP contribution is 2.30. The van der Waals surface area contributed by atoms with E-state index in [1.807, 2.05) is 13.8 Å². The van der Waals surface area contributed by atoms with Gasteiger partial charge >= 0.3 is 0 Å². The van der Waals surface area contributed by atoms with Gasteiger partial charge < -0.3 is 9.80 Å². The number of hydrogen-bond donors (Lipinski definition) is 0. The zero-order valence-corrected chi connectivity index (χ0v) is 22.3. The molecule has 0 N–H and O–H groups in total. The Morgan fingerprint density at radius 1 is 0.850 bits per heavy atom. The van der Waals surface area contributed by atoms with E-state index in [9.17, 15) is 13.6 Å². The molecule has 1 saturated heterocycles. The second-order valence-corrected chi connectivity index (χ2v) is 10.1. The van der Waals surface area contributed by atoms with Gasteiger partial charge in [0, 0.05) is 38.2 Å². The van der Waals surface area contributed by atoms with Crippen LogP contribution in [-0.4, -0.2) is 56.7 Å². The minimum atomic E-state index is -0.428. The smallest absolute Gasteiger partial charge is 0.254 e. The van der Waals surface area contributed by atoms with E-state index in [-0.39, 0.29) is 11.7 Å². The lowest BCUT2D eigenvalue weighted by atomic mass is 10.1. The third-order valence-corrected chi connectivity index (χ3v) is 7.22. The molecular weight excluding hydrogens is 510 g/mol. The Labute approximate surface area is 230 Å². The van der Waals surface area contributed by atoms with Gasteiger partial charge in [0.25, 0.3) is 5.91 Å². The molecule has 2 aromatic heterocycles. The van der Waals surface area contributed by atoms with Crippen LogP contribution in [0.4, 0.5) is 14.6 Å². The number of nitrogens with zero attached hydrogens (tertiary/aromatic N) is 6. The highest BCUT2D eigenvalue weighted by molar-refractivity contribution is 5.95. The molecule has 5 aromatic rings. The average Bonchev–Trinajstić information content (AvgIpc) is 3.30. The van der Waals surface area contributed by atoms with Crippen molar-refractivity contribution in [2.24, 2.45) is 0 Å². The maximum atomic E-state index is 13.7. The van der Waals surface area contributed by atoms with Gasteiger partial charge in [-0.15, -0.1) is 0 Å². The fourth-order valence-electron chi connectivity index (χ4n) is 5.09. The van der Waals surface area contributed by atoms with E-state index >= 15 is 0 Å². The minimum absolute atomic E-state index is 0.188. The minimum Gasteiger partial charge on any atom is -0.352 e. The summed E-state index contributed by atoms with van der Waals surface area (Å²) >= 11 is 0. The van der Waals surface area contributed by atoms with E-state index in [1.165, 1.54) is 29.8 Å². The molecular formula is C31H28F2N6O. The summed E-state index contributed by atoms with van der Waals surface area (Å²) in [4.78, 5) is 26.8. The van der Waals surface area contributed by atoms with Crippen molar-refractivity contribution in [1.29, 1.82) is 0 Å². The average molecular weight is 539 g/mol. The number of piperazine rings is 1. The summed E-state index contributed by atoms with van der Waals surface area (Å²) in [5, 5.41) is 5.58. The Morgan fingerprint density at radius 3 is 2.27 bits per heavy atom. The van der Waals surface area contributed by atoms with E-state index in [2.05, 4.69) is 29.2 Å². The molecule has 1 aliphatic rings. The van der Waals surface area contributed by atoms with Gasteiger partial charge in [0.1, 0.15) is 23.3 Å². The van der Waals surface area contributed by atoms with Crippen molar-refractivity contribution < 1.29 is 13.6 Å². The molecule has 40 heavy (non-hydrogen) atoms. The summed E-state index contributed by atoms with van der Waals surface area (Å²) < 4.78 is 29.1. The SMILES string of the molecule is Cc1ccc(Cc2nc(N3CCN(C(=O)c4cccc(F)c4)CC3)c3c(C)nn(-c4ccc(F)cc4)c3n2)cc1. The zero-order valence-electron chi connectivity index (χ0n) is 22.3. The van der Waals surface area contributed by atoms with Crippen molar-refractivity contribution in [3.05, 3.63) is 113 Å². The van der Waals surface area contributed by atoms with Gasteiger partial charge in [-0.05, 0) is 61.9 Å². The first-order valence-corrected chi connectivity index (χ1v) is 13.2. The van der Waals surface area contributed by atoms with E-state index < -0.39 is 5.82 Å². The van der Waals surface area contributed by atoms with Crippen LogP contribution in [0.25, 0.3) is 16.7 Å². The van der Waals surface area contributed by atoms with E-state index in [4.69, 9.17) is 15.1 Å². The van der Waals surface area contributed by atoms with Crippen LogP contribution < -0.4 is 4.90 Å². The van der Waals surface area contributed by atoms with Crippen LogP contribution in [0, 0.1) is 25.5 Å². The maximum absolute atomic E-state index is 13.7. The summed E-state index contributed by atoms with van der Waals surface area (Å²) in [6.45, 7) is 6.01. The summed E-state index contributed by atoms with van der Waals surface area (Å²) in [7, 11) is 0. The Kier molecular flexibility index (Phi) is 6.71. The van der Waals surface area contributed by atoms with Crippen molar-refractivity contribution in [2.45, 2.75) is 20.3 Å². The lowest BCUT2D eigenvalue weighted by molar-refractivity contribution is 0.0746. The number of anilines is 1. The second kappa shape index (κ2) is 10.5. The van der Waals surface area contributed by atoms with E-state index in [1.54, 1.807) is 33.8 Å². The van der Waals surface area contributed by atoms with Crippen molar-refractivity contribution in [3.63, 3.8) is 0 Å². The molecule has 0 radical (unpaired) electrons. The van der Waals surface area contributed by atoms with Crippen LogP contribution in [0.2, 0.25) is 0 Å². The molecule has 0 bridgehead atoms. The fraction of sp³-hybridized carbons (Fsp3) is 0.226. The zero-order chi connectivity index (χ0) is 27.8. The number of fused-ring (bicyclic) bond motifs is 1. The highest BCUT2D eigenvalue weighted by Gasteiger charge is 2.27. The molecule has 6 rings (SSSR count). The van der Waals surface area contributed by atoms with E-state index in [0.717, 1.165) is 22.5 Å². The molecule has 3 heterocycles. The number of hydrogen-bond acceptors (Lipinski definition) is 5. The topological polar surface area (TPSA) is 67.2 Å². The third-order valence-electron chi connectivity index (χ3n) is 7.22. The number of carbonyl (C=O) groups is 1. The van der Waals surface area contributed by atoms with Gasteiger partial charge in [0.05, 0.1) is 16.8 Å². The van der Waals surface area contributed by atoms with Crippen molar-refractivity contribution in [2.75, 3.05) is 31.1 Å². The third kappa shape index (κ3) is 5.02. The van der Waals surface area contributed by atoms with Crippen molar-refractivity contribution in [3.8, 4) is 5.69 Å². The maximum Gasteiger partial charge on any atom is 0.254 e. The molecule has 1 amide bonds. The number of benzene rings is 3. The van der Waals surface area contributed by atoms with Gasteiger partial charge in [0.15, 0.2) is 5.65 Å². The standard InChI is InChI=1S/C31H28F2N6O/c1-20-6-8-22(9-7-20)18-27-34-29(28-21(2)36-39(30(28)35-27)26-12-10-24(32)11-13-26)37-14-16-38(17-15-37)31(40)23-4-3-5-25(33)19-23/h3-13,19H,14-18H2,1-2H3. The number of aromatic nitrogens is 4. The lowest BCUT2D eigenvalue weighted by Gasteiger charge is -2.35. The van der Waals surface area contributed by atoms with Crippen LogP contribution >= 0.6 is 0 Å². The van der Waals surface area contributed by atoms with Crippen LogP contribution in [0.15, 0.2) is 72.8 Å². The Balaban J connectivity index is 1.36. The number of halogens is 2. The number of amides is 1. The highest BCUT2D eigenvalue weighted by atomic mass is 19.1. The van der Waals surface area contributed by atoms with Gasteiger partial charge in [-0.2, -0.15) is 5.10 Å². The number of carbonyl (C=O) groups excluding carboxylic acids is 1. The first-order valence-electron chi connectivity index (χ1n) is 13.2. The Bertz CT molecular complexity index is 1690. The first-order chi connectivity index (χ1) is 19.4. The molecule has 202 valence electrons. The molecule has 0 aliphatic carbocycles. The second-order valence-electron chi connectivity index (χ2n) is 10.1. The number of aryl methyl sites for hydroxylation is 2. The van der Waals surface area contributed by atoms with Crippen LogP contribution in [-0.2, 0) is 6.42 Å². The fourth-order valence-corrected chi connectivity index (χ4v) is 5.09. The van der Waals surface area contributed by atoms with Crippen LogP contribution in [0.1, 0.15) is 33.0 Å². The predicted octanol–water partition coefficient (Wildman–Crippen LogP) is 5.26. The summed E-state index contributed by atoms with van der Waals surface area (Å²) in [5.41, 5.74) is 4.72. The molecule has 9 heteroatoms. The lowest BCUT2D eigenvalue weighted by Crippen LogP contribution is -2.49. The summed E-state index contributed by atoms with van der Waals surface area (Å²) in [6, 6.07) is 20.2. The first kappa shape index (κ1) is 25.6. The molecule has 0 spiro atoms. The monoisotopic (exact) mass is 538 g/mol. The summed E-state index contributed by atoms with van der Waals surface area (Å²) in [5.74, 6) is 0.469. The molecule has 0 saturated carbocycles. The Hall–Kier alpha value is -4.66. The van der Waals surface area contributed by atoms with Crippen molar-refractivity contribution >= 4 is 22.8 Å². The van der Waals surface area contributed by atoms with Gasteiger partial charge in [-0.1, -0.05) is 35.9 Å². The van der Waals surface area contributed by atoms with Crippen LogP contribution in [0.5, 0.6) is 0 Å². The van der Waals surface area contributed by atoms with Crippen LogP contribution in [0.3, 0.4) is 0 Å².